The molecule has 0 aliphatic rings. The summed E-state index contributed by atoms with van der Waals surface area (Å²) in [6, 6.07) is 0. The Morgan fingerprint density at radius 1 is 1.31 bits per heavy atom. The summed E-state index contributed by atoms with van der Waals surface area (Å²) in [5.41, 5.74) is 0. The van der Waals surface area contributed by atoms with Crippen LogP contribution in [-0.4, -0.2) is 23.2 Å². The van der Waals surface area contributed by atoms with Gasteiger partial charge < -0.3 is 5.11 Å². The number of hydrogen-bond donors (Lipinski definition) is 1. The van der Waals surface area contributed by atoms with E-state index in [4.69, 9.17) is 5.11 Å². The van der Waals surface area contributed by atoms with Crippen LogP contribution < -0.4 is 0 Å². The Morgan fingerprint density at radius 2 is 1.77 bits per heavy atom. The molecule has 2 nitrogen and oxygen atoms in total. The average molecular weight is 198 g/mol. The fourth-order valence-electron chi connectivity index (χ4n) is 0.870. The molecule has 0 aliphatic carbocycles. The number of Topliss-reactive ketones (excluding diaryl/α,β-unsaturated/α-hetero) is 1. The Kier molecular flexibility index (Phi) is 4.39. The summed E-state index contributed by atoms with van der Waals surface area (Å²) in [7, 11) is 0. The van der Waals surface area contributed by atoms with Gasteiger partial charge in [-0.15, -0.1) is 0 Å². The Labute approximate surface area is 74.7 Å². The second-order valence-corrected chi connectivity index (χ2v) is 3.40. The van der Waals surface area contributed by atoms with E-state index in [1.54, 1.807) is 13.8 Å². The fraction of sp³-hybridized carbons (Fsp3) is 0.875. The van der Waals surface area contributed by atoms with Crippen molar-refractivity contribution in [2.45, 2.75) is 39.0 Å². The molecule has 0 aromatic heterocycles. The number of halogens is 3. The summed E-state index contributed by atoms with van der Waals surface area (Å²) in [6.07, 6.45) is -7.96. The Hall–Kier alpha value is -0.580. The van der Waals surface area contributed by atoms with Crippen LogP contribution in [0.1, 0.15) is 26.7 Å². The number of carbonyl (C=O) groups excluding carboxylic acids is 1. The molecular formula is C8H13F3O2. The third-order valence-corrected chi connectivity index (χ3v) is 1.43. The van der Waals surface area contributed by atoms with Crippen LogP contribution in [0.25, 0.3) is 0 Å². The van der Waals surface area contributed by atoms with Crippen molar-refractivity contribution in [2.75, 3.05) is 0 Å². The van der Waals surface area contributed by atoms with E-state index in [1.807, 2.05) is 0 Å². The van der Waals surface area contributed by atoms with Crippen LogP contribution in [0.2, 0.25) is 0 Å². The number of aliphatic hydroxyl groups excluding tert-OH is 1. The maximum absolute atomic E-state index is 11.7. The maximum Gasteiger partial charge on any atom is 0.414 e. The summed E-state index contributed by atoms with van der Waals surface area (Å²) >= 11 is 0. The van der Waals surface area contributed by atoms with Crippen LogP contribution in [0.4, 0.5) is 13.2 Å². The zero-order valence-corrected chi connectivity index (χ0v) is 7.56. The molecule has 1 atom stereocenters. The predicted octanol–water partition coefficient (Wildman–Crippen LogP) is 1.91. The van der Waals surface area contributed by atoms with E-state index < -0.39 is 24.5 Å². The van der Waals surface area contributed by atoms with Gasteiger partial charge in [0.25, 0.3) is 0 Å². The van der Waals surface area contributed by atoms with Crippen molar-refractivity contribution in [1.29, 1.82) is 0 Å². The van der Waals surface area contributed by atoms with E-state index in [0.29, 0.717) is 0 Å². The fourth-order valence-corrected chi connectivity index (χ4v) is 0.870. The molecule has 0 spiro atoms. The number of alkyl halides is 3. The van der Waals surface area contributed by atoms with Crippen LogP contribution in [-0.2, 0) is 4.79 Å². The summed E-state index contributed by atoms with van der Waals surface area (Å²) in [4.78, 5) is 10.9. The highest BCUT2D eigenvalue weighted by molar-refractivity contribution is 5.79. The van der Waals surface area contributed by atoms with Crippen LogP contribution >= 0.6 is 0 Å². The molecule has 0 saturated carbocycles. The quantitative estimate of drug-likeness (QED) is 0.749. The van der Waals surface area contributed by atoms with Crippen LogP contribution in [0, 0.1) is 5.92 Å². The first kappa shape index (κ1) is 12.4. The van der Waals surface area contributed by atoms with Gasteiger partial charge in [-0.1, -0.05) is 13.8 Å². The second-order valence-electron chi connectivity index (χ2n) is 3.40. The first-order chi connectivity index (χ1) is 5.73. The SMILES string of the molecule is CC(C)CC(=O)CC(O)C(F)(F)F. The molecular weight excluding hydrogens is 185 g/mol. The van der Waals surface area contributed by atoms with Gasteiger partial charge in [0.05, 0.1) is 0 Å². The Balaban J connectivity index is 3.93. The van der Waals surface area contributed by atoms with Gasteiger partial charge in [0.1, 0.15) is 5.78 Å². The molecule has 0 aliphatic heterocycles. The molecule has 0 aromatic rings. The van der Waals surface area contributed by atoms with Crippen molar-refractivity contribution in [2.24, 2.45) is 5.92 Å². The van der Waals surface area contributed by atoms with Gasteiger partial charge >= 0.3 is 6.18 Å². The summed E-state index contributed by atoms with van der Waals surface area (Å²) in [5, 5.41) is 8.52. The standard InChI is InChI=1S/C8H13F3O2/c1-5(2)3-6(12)4-7(13)8(9,10)11/h5,7,13H,3-4H2,1-2H3. The number of carbonyl (C=O) groups is 1. The highest BCUT2D eigenvalue weighted by Crippen LogP contribution is 2.23. The monoisotopic (exact) mass is 198 g/mol. The summed E-state index contributed by atoms with van der Waals surface area (Å²) in [5.74, 6) is -0.534. The summed E-state index contributed by atoms with van der Waals surface area (Å²) < 4.78 is 35.2. The summed E-state index contributed by atoms with van der Waals surface area (Å²) in [6.45, 7) is 3.47. The molecule has 0 aromatic carbocycles. The third-order valence-electron chi connectivity index (χ3n) is 1.43. The van der Waals surface area contributed by atoms with Gasteiger partial charge in [-0.25, -0.2) is 0 Å². The van der Waals surface area contributed by atoms with Gasteiger partial charge in [-0.2, -0.15) is 13.2 Å². The molecule has 0 heterocycles. The Bertz CT molecular complexity index is 175. The highest BCUT2D eigenvalue weighted by atomic mass is 19.4. The smallest absolute Gasteiger partial charge is 0.383 e. The van der Waals surface area contributed by atoms with E-state index in [0.717, 1.165) is 0 Å². The first-order valence-electron chi connectivity index (χ1n) is 4.00. The molecule has 0 saturated heterocycles. The van der Waals surface area contributed by atoms with Crippen molar-refractivity contribution in [3.05, 3.63) is 0 Å². The average Bonchev–Trinajstić information content (AvgIpc) is 1.82. The minimum Gasteiger partial charge on any atom is -0.383 e. The molecule has 0 fully saturated rings. The molecule has 1 N–H and O–H groups in total. The van der Waals surface area contributed by atoms with Gasteiger partial charge in [0.15, 0.2) is 6.10 Å². The lowest BCUT2D eigenvalue weighted by Crippen LogP contribution is -2.31. The largest absolute Gasteiger partial charge is 0.414 e. The molecule has 0 amide bonds. The van der Waals surface area contributed by atoms with Gasteiger partial charge in [0.2, 0.25) is 0 Å². The van der Waals surface area contributed by atoms with Crippen LogP contribution in [0.5, 0.6) is 0 Å². The van der Waals surface area contributed by atoms with E-state index in [2.05, 4.69) is 0 Å². The molecule has 1 unspecified atom stereocenters. The topological polar surface area (TPSA) is 37.3 Å². The van der Waals surface area contributed by atoms with Crippen LogP contribution in [0.3, 0.4) is 0 Å². The van der Waals surface area contributed by atoms with Crippen LogP contribution in [0.15, 0.2) is 0 Å². The molecule has 13 heavy (non-hydrogen) atoms. The molecule has 0 rings (SSSR count). The van der Waals surface area contributed by atoms with Crippen molar-refractivity contribution in [1.82, 2.24) is 0 Å². The molecule has 5 heteroatoms. The van der Waals surface area contributed by atoms with Crippen molar-refractivity contribution in [3.63, 3.8) is 0 Å². The van der Waals surface area contributed by atoms with E-state index in [1.165, 1.54) is 0 Å². The zero-order valence-electron chi connectivity index (χ0n) is 7.56. The van der Waals surface area contributed by atoms with E-state index in [-0.39, 0.29) is 12.3 Å². The lowest BCUT2D eigenvalue weighted by molar-refractivity contribution is -0.205. The number of hydrogen-bond acceptors (Lipinski definition) is 2. The van der Waals surface area contributed by atoms with Gasteiger partial charge in [-0.3, -0.25) is 4.79 Å². The van der Waals surface area contributed by atoms with E-state index in [9.17, 15) is 18.0 Å². The lowest BCUT2D eigenvalue weighted by Gasteiger charge is -2.13. The second kappa shape index (κ2) is 4.60. The number of aliphatic hydroxyl groups is 1. The third kappa shape index (κ3) is 5.63. The van der Waals surface area contributed by atoms with Gasteiger partial charge in [0, 0.05) is 12.8 Å². The normalized spacial score (nSPS) is 14.7. The number of ketones is 1. The van der Waals surface area contributed by atoms with Crippen molar-refractivity contribution >= 4 is 5.78 Å². The molecule has 0 radical (unpaired) electrons. The molecule has 0 bridgehead atoms. The molecule has 78 valence electrons. The van der Waals surface area contributed by atoms with Gasteiger partial charge in [-0.05, 0) is 5.92 Å². The van der Waals surface area contributed by atoms with E-state index >= 15 is 0 Å². The Morgan fingerprint density at radius 3 is 2.08 bits per heavy atom. The maximum atomic E-state index is 11.7. The minimum atomic E-state index is -4.69. The predicted molar refractivity (Wildman–Crippen MR) is 41.1 cm³/mol. The minimum absolute atomic E-state index is 0.0212. The van der Waals surface area contributed by atoms with Crippen molar-refractivity contribution < 1.29 is 23.1 Å². The lowest BCUT2D eigenvalue weighted by atomic mass is 10.0. The zero-order chi connectivity index (χ0) is 10.6. The number of rotatable bonds is 4. The highest BCUT2D eigenvalue weighted by Gasteiger charge is 2.39. The first-order valence-corrected chi connectivity index (χ1v) is 4.00. The van der Waals surface area contributed by atoms with Crippen molar-refractivity contribution in [3.8, 4) is 0 Å².